The van der Waals surface area contributed by atoms with Crippen molar-refractivity contribution in [3.63, 3.8) is 0 Å². The molecule has 178 valence electrons. The van der Waals surface area contributed by atoms with Gasteiger partial charge >= 0.3 is 7.82 Å². The lowest BCUT2D eigenvalue weighted by molar-refractivity contribution is -0.0504. The number of anilines is 1. The van der Waals surface area contributed by atoms with Crippen LogP contribution in [0.2, 0.25) is 0 Å². The molecule has 3 heterocycles. The Hall–Kier alpha value is -2.65. The normalized spacial score (nSPS) is 23.4. The first kappa shape index (κ1) is 23.5. The molecular formula is C17H17F3N5O7P. The third-order valence-corrected chi connectivity index (χ3v) is 5.38. The van der Waals surface area contributed by atoms with Crippen LogP contribution >= 0.6 is 7.82 Å². The van der Waals surface area contributed by atoms with Crippen LogP contribution in [0.15, 0.2) is 24.8 Å². The highest BCUT2D eigenvalue weighted by atomic mass is 31.2. The monoisotopic (exact) mass is 491 g/mol. The zero-order valence-electron chi connectivity index (χ0n) is 16.4. The minimum atomic E-state index is -4.83. The SMILES string of the molecule is O=P(O)(O)OC[C@H]1O[C@@H](n2cnc3c(NCc4cc(F)cc(F)c4F)ncnc32)[C@H](O)[C@@H]1O. The van der Waals surface area contributed by atoms with E-state index in [1.165, 1.54) is 10.9 Å². The summed E-state index contributed by atoms with van der Waals surface area (Å²) in [6.07, 6.45) is -3.25. The molecule has 0 unspecified atom stereocenters. The average molecular weight is 491 g/mol. The van der Waals surface area contributed by atoms with Gasteiger partial charge in [-0.3, -0.25) is 9.09 Å². The number of imidazole rings is 1. The topological polar surface area (TPSA) is 172 Å². The molecule has 1 aliphatic heterocycles. The maximum absolute atomic E-state index is 13.9. The van der Waals surface area contributed by atoms with Gasteiger partial charge in [0.15, 0.2) is 34.8 Å². The summed E-state index contributed by atoms with van der Waals surface area (Å²) in [5, 5.41) is 23.2. The fourth-order valence-electron chi connectivity index (χ4n) is 3.35. The molecule has 1 aliphatic rings. The van der Waals surface area contributed by atoms with E-state index in [0.29, 0.717) is 6.07 Å². The molecule has 0 radical (unpaired) electrons. The molecular weight excluding hydrogens is 474 g/mol. The minimum Gasteiger partial charge on any atom is -0.387 e. The Morgan fingerprint density at radius 1 is 1.15 bits per heavy atom. The van der Waals surface area contributed by atoms with E-state index in [-0.39, 0.29) is 29.1 Å². The van der Waals surface area contributed by atoms with Gasteiger partial charge in [0.25, 0.3) is 0 Å². The number of hydrogen-bond acceptors (Lipinski definition) is 9. The summed E-state index contributed by atoms with van der Waals surface area (Å²) in [5.74, 6) is -3.44. The molecule has 4 atom stereocenters. The number of nitrogens with one attached hydrogen (secondary N) is 1. The Morgan fingerprint density at radius 3 is 2.64 bits per heavy atom. The second kappa shape index (κ2) is 8.95. The van der Waals surface area contributed by atoms with Gasteiger partial charge in [0.2, 0.25) is 0 Å². The standard InChI is InChI=1S/C17H17F3N5O7P/c18-8-1-7(11(20)9(19)2-8)3-21-15-12-16(23-5-22-15)25(6-24-12)17-14(27)13(26)10(32-17)4-31-33(28,29)30/h1-2,5-6,10,13-14,17,26-27H,3-4H2,(H,21,22,23)(H2,28,29,30)/t10-,13-,14-,17-/m1/s1. The number of aliphatic hydroxyl groups excluding tert-OH is 2. The van der Waals surface area contributed by atoms with Gasteiger partial charge in [-0.25, -0.2) is 32.7 Å². The highest BCUT2D eigenvalue weighted by molar-refractivity contribution is 7.46. The Bertz CT molecular complexity index is 1230. The summed E-state index contributed by atoms with van der Waals surface area (Å²) in [5.41, 5.74) is -0.0366. The number of benzene rings is 1. The van der Waals surface area contributed by atoms with E-state index < -0.39 is 56.4 Å². The predicted molar refractivity (Wildman–Crippen MR) is 103 cm³/mol. The van der Waals surface area contributed by atoms with Gasteiger partial charge in [-0.05, 0) is 6.07 Å². The molecule has 0 bridgehead atoms. The molecule has 0 aliphatic carbocycles. The summed E-state index contributed by atoms with van der Waals surface area (Å²) in [6, 6.07) is 1.25. The summed E-state index contributed by atoms with van der Waals surface area (Å²) in [4.78, 5) is 29.8. The number of halogens is 3. The number of aromatic nitrogens is 4. The number of aliphatic hydroxyl groups is 2. The first-order chi connectivity index (χ1) is 15.5. The number of phosphoric acid groups is 1. The maximum Gasteiger partial charge on any atom is 0.469 e. The van der Waals surface area contributed by atoms with E-state index in [4.69, 9.17) is 14.5 Å². The van der Waals surface area contributed by atoms with E-state index in [9.17, 15) is 27.9 Å². The van der Waals surface area contributed by atoms with Gasteiger partial charge in [-0.2, -0.15) is 0 Å². The molecule has 0 saturated carbocycles. The van der Waals surface area contributed by atoms with Crippen LogP contribution in [0.1, 0.15) is 11.8 Å². The van der Waals surface area contributed by atoms with Crippen LogP contribution in [0.4, 0.5) is 19.0 Å². The van der Waals surface area contributed by atoms with Gasteiger partial charge in [0.1, 0.15) is 30.5 Å². The van der Waals surface area contributed by atoms with Gasteiger partial charge in [0, 0.05) is 18.2 Å². The van der Waals surface area contributed by atoms with Gasteiger partial charge in [0.05, 0.1) is 12.9 Å². The zero-order valence-corrected chi connectivity index (χ0v) is 17.3. The highest BCUT2D eigenvalue weighted by Gasteiger charge is 2.45. The number of nitrogens with zero attached hydrogens (tertiary/aromatic N) is 4. The molecule has 3 aromatic rings. The summed E-state index contributed by atoms with van der Waals surface area (Å²) < 4.78 is 62.7. The number of fused-ring (bicyclic) bond motifs is 1. The Labute approximate surface area is 182 Å². The molecule has 5 N–H and O–H groups in total. The summed E-state index contributed by atoms with van der Waals surface area (Å²) >= 11 is 0. The fraction of sp³-hybridized carbons (Fsp3) is 0.353. The third kappa shape index (κ3) is 4.84. The van der Waals surface area contributed by atoms with Crippen molar-refractivity contribution in [3.05, 3.63) is 47.8 Å². The Morgan fingerprint density at radius 2 is 1.91 bits per heavy atom. The molecule has 0 amide bonds. The first-order valence-electron chi connectivity index (χ1n) is 9.31. The van der Waals surface area contributed by atoms with E-state index in [1.54, 1.807) is 0 Å². The molecule has 33 heavy (non-hydrogen) atoms. The highest BCUT2D eigenvalue weighted by Crippen LogP contribution is 2.39. The van der Waals surface area contributed by atoms with E-state index in [0.717, 1.165) is 12.4 Å². The van der Waals surface area contributed by atoms with Gasteiger partial charge in [-0.15, -0.1) is 0 Å². The van der Waals surface area contributed by atoms with Crippen molar-refractivity contribution >= 4 is 24.8 Å². The lowest BCUT2D eigenvalue weighted by Gasteiger charge is -2.16. The van der Waals surface area contributed by atoms with Crippen LogP contribution < -0.4 is 5.32 Å². The van der Waals surface area contributed by atoms with Gasteiger partial charge < -0.3 is 30.1 Å². The Kier molecular flexibility index (Phi) is 6.37. The maximum atomic E-state index is 13.9. The largest absolute Gasteiger partial charge is 0.469 e. The van der Waals surface area contributed by atoms with Crippen LogP contribution in [0, 0.1) is 17.5 Å². The van der Waals surface area contributed by atoms with E-state index in [1.807, 2.05) is 0 Å². The van der Waals surface area contributed by atoms with Gasteiger partial charge in [-0.1, -0.05) is 0 Å². The van der Waals surface area contributed by atoms with E-state index >= 15 is 0 Å². The molecule has 12 nitrogen and oxygen atoms in total. The quantitative estimate of drug-likeness (QED) is 0.231. The molecule has 16 heteroatoms. The molecule has 0 spiro atoms. The van der Waals surface area contributed by atoms with Crippen molar-refractivity contribution in [1.82, 2.24) is 19.5 Å². The molecule has 1 fully saturated rings. The number of ether oxygens (including phenoxy) is 1. The molecule has 1 aromatic carbocycles. The Balaban J connectivity index is 1.56. The van der Waals surface area contributed by atoms with Crippen LogP contribution in [-0.4, -0.2) is 64.4 Å². The zero-order chi connectivity index (χ0) is 23.9. The minimum absolute atomic E-state index is 0.0808. The third-order valence-electron chi connectivity index (χ3n) is 4.89. The van der Waals surface area contributed by atoms with E-state index in [2.05, 4.69) is 24.8 Å². The van der Waals surface area contributed by atoms with Crippen LogP contribution in [0.5, 0.6) is 0 Å². The fourth-order valence-corrected chi connectivity index (χ4v) is 3.69. The van der Waals surface area contributed by atoms with Crippen molar-refractivity contribution in [2.75, 3.05) is 11.9 Å². The molecule has 2 aromatic heterocycles. The van der Waals surface area contributed by atoms with Crippen molar-refractivity contribution in [1.29, 1.82) is 0 Å². The summed E-state index contributed by atoms with van der Waals surface area (Å²) in [7, 11) is -4.83. The number of rotatable bonds is 7. The second-order valence-corrected chi connectivity index (χ2v) is 8.33. The van der Waals surface area contributed by atoms with Crippen molar-refractivity contribution in [2.45, 2.75) is 31.1 Å². The molecule has 1 saturated heterocycles. The van der Waals surface area contributed by atoms with Crippen LogP contribution in [0.3, 0.4) is 0 Å². The number of phosphoric ester groups is 1. The lowest BCUT2D eigenvalue weighted by atomic mass is 10.1. The van der Waals surface area contributed by atoms with Crippen molar-refractivity contribution in [3.8, 4) is 0 Å². The summed E-state index contributed by atoms with van der Waals surface area (Å²) in [6.45, 7) is -1.02. The smallest absolute Gasteiger partial charge is 0.387 e. The average Bonchev–Trinajstić information content (AvgIpc) is 3.29. The lowest BCUT2D eigenvalue weighted by Crippen LogP contribution is -2.33. The first-order valence-corrected chi connectivity index (χ1v) is 10.8. The van der Waals surface area contributed by atoms with Crippen molar-refractivity contribution in [2.24, 2.45) is 0 Å². The second-order valence-electron chi connectivity index (χ2n) is 7.09. The van der Waals surface area contributed by atoms with Crippen LogP contribution in [-0.2, 0) is 20.4 Å². The van der Waals surface area contributed by atoms with Crippen LogP contribution in [0.25, 0.3) is 11.2 Å². The number of hydrogen-bond donors (Lipinski definition) is 5. The van der Waals surface area contributed by atoms with Crippen molar-refractivity contribution < 1.29 is 47.0 Å². The predicted octanol–water partition coefficient (Wildman–Crippen LogP) is 0.584. The molecule has 4 rings (SSSR count).